The van der Waals surface area contributed by atoms with Crippen molar-refractivity contribution in [2.24, 2.45) is 0 Å². The highest BCUT2D eigenvalue weighted by molar-refractivity contribution is 5.89. The molecule has 0 unspecified atom stereocenters. The summed E-state index contributed by atoms with van der Waals surface area (Å²) in [6.45, 7) is 2.98. The number of ether oxygens (including phenoxy) is 3. The predicted octanol–water partition coefficient (Wildman–Crippen LogP) is 1.75. The Morgan fingerprint density at radius 3 is 2.48 bits per heavy atom. The van der Waals surface area contributed by atoms with Crippen LogP contribution in [0, 0.1) is 18.3 Å². The second-order valence-electron chi connectivity index (χ2n) is 7.16. The van der Waals surface area contributed by atoms with Crippen LogP contribution in [0.2, 0.25) is 0 Å². The lowest BCUT2D eigenvalue weighted by Gasteiger charge is -2.42. The Morgan fingerprint density at radius 1 is 1.22 bits per heavy atom. The first-order valence-corrected chi connectivity index (χ1v) is 9.09. The summed E-state index contributed by atoms with van der Waals surface area (Å²) in [7, 11) is 1.32. The van der Waals surface area contributed by atoms with E-state index < -0.39 is 17.3 Å². The number of nitrogens with zero attached hydrogens (tertiary/aromatic N) is 1. The van der Waals surface area contributed by atoms with Crippen LogP contribution < -0.4 is 5.32 Å². The minimum absolute atomic E-state index is 0.0955. The fourth-order valence-corrected chi connectivity index (χ4v) is 3.83. The van der Waals surface area contributed by atoms with E-state index in [2.05, 4.69) is 11.4 Å². The fraction of sp³-hybridized carbons (Fsp3) is 0.550. The molecule has 1 saturated heterocycles. The molecule has 2 fully saturated rings. The van der Waals surface area contributed by atoms with Gasteiger partial charge in [0.15, 0.2) is 5.79 Å². The molecule has 1 heterocycles. The van der Waals surface area contributed by atoms with E-state index in [1.807, 2.05) is 13.0 Å². The van der Waals surface area contributed by atoms with Gasteiger partial charge in [-0.05, 0) is 43.0 Å². The average Bonchev–Trinajstić information content (AvgIpc) is 3.13. The normalized spacial score (nSPS) is 20.0. The molecule has 0 bridgehead atoms. The third kappa shape index (κ3) is 3.97. The van der Waals surface area contributed by atoms with E-state index in [9.17, 15) is 9.59 Å². The van der Waals surface area contributed by atoms with Crippen molar-refractivity contribution in [3.05, 3.63) is 34.9 Å². The first-order chi connectivity index (χ1) is 12.9. The average molecular weight is 372 g/mol. The smallest absolute Gasteiger partial charge is 0.331 e. The van der Waals surface area contributed by atoms with Crippen molar-refractivity contribution in [3.8, 4) is 6.07 Å². The quantitative estimate of drug-likeness (QED) is 0.809. The lowest BCUT2D eigenvalue weighted by atomic mass is 9.78. The van der Waals surface area contributed by atoms with E-state index in [0.717, 1.165) is 11.1 Å². The Labute approximate surface area is 158 Å². The molecule has 27 heavy (non-hydrogen) atoms. The zero-order valence-corrected chi connectivity index (χ0v) is 15.7. The Balaban J connectivity index is 1.73. The van der Waals surface area contributed by atoms with Crippen molar-refractivity contribution < 1.29 is 23.8 Å². The molecule has 0 atom stereocenters. The largest absolute Gasteiger partial charge is 0.467 e. The highest BCUT2D eigenvalue weighted by Crippen LogP contribution is 2.40. The highest BCUT2D eigenvalue weighted by Gasteiger charge is 2.51. The highest BCUT2D eigenvalue weighted by atomic mass is 16.7. The van der Waals surface area contributed by atoms with Gasteiger partial charge in [-0.25, -0.2) is 4.79 Å². The molecule has 0 radical (unpaired) electrons. The van der Waals surface area contributed by atoms with Gasteiger partial charge in [-0.15, -0.1) is 0 Å². The third-order valence-corrected chi connectivity index (χ3v) is 5.46. The van der Waals surface area contributed by atoms with Crippen LogP contribution in [0.15, 0.2) is 18.2 Å². The minimum atomic E-state index is -1.08. The molecule has 2 aliphatic rings. The van der Waals surface area contributed by atoms with Crippen LogP contribution in [0.1, 0.15) is 42.4 Å². The van der Waals surface area contributed by atoms with Crippen molar-refractivity contribution in [1.82, 2.24) is 5.32 Å². The summed E-state index contributed by atoms with van der Waals surface area (Å²) in [4.78, 5) is 25.2. The molecule has 3 rings (SSSR count). The molecule has 1 aromatic rings. The number of amides is 1. The summed E-state index contributed by atoms with van der Waals surface area (Å²) >= 11 is 0. The van der Waals surface area contributed by atoms with E-state index >= 15 is 0 Å². The number of methoxy groups -OCH3 is 1. The number of rotatable bonds is 4. The monoisotopic (exact) mass is 372 g/mol. The number of hydrogen-bond donors (Lipinski definition) is 1. The van der Waals surface area contributed by atoms with Gasteiger partial charge in [-0.2, -0.15) is 5.26 Å². The lowest BCUT2D eigenvalue weighted by molar-refractivity contribution is -0.192. The van der Waals surface area contributed by atoms with Crippen molar-refractivity contribution >= 4 is 11.9 Å². The van der Waals surface area contributed by atoms with Crippen LogP contribution >= 0.6 is 0 Å². The number of carbonyl (C=O) groups excluding carboxylic acids is 2. The molecule has 1 saturated carbocycles. The first-order valence-electron chi connectivity index (χ1n) is 9.09. The van der Waals surface area contributed by atoms with Crippen molar-refractivity contribution in [2.45, 2.75) is 50.4 Å². The summed E-state index contributed by atoms with van der Waals surface area (Å²) in [5.74, 6) is -1.37. The molecule has 1 amide bonds. The van der Waals surface area contributed by atoms with Gasteiger partial charge in [0.2, 0.25) is 5.91 Å². The van der Waals surface area contributed by atoms with Crippen LogP contribution in [-0.4, -0.2) is 43.5 Å². The molecule has 7 heteroatoms. The molecule has 1 aromatic carbocycles. The van der Waals surface area contributed by atoms with E-state index in [-0.39, 0.29) is 12.3 Å². The summed E-state index contributed by atoms with van der Waals surface area (Å²) in [5, 5.41) is 12.0. The lowest BCUT2D eigenvalue weighted by Crippen LogP contribution is -2.59. The summed E-state index contributed by atoms with van der Waals surface area (Å²) in [5.41, 5.74) is 1.11. The van der Waals surface area contributed by atoms with Crippen LogP contribution in [0.25, 0.3) is 0 Å². The fourth-order valence-electron chi connectivity index (χ4n) is 3.83. The second-order valence-corrected chi connectivity index (χ2v) is 7.16. The number of aryl methyl sites for hydroxylation is 1. The van der Waals surface area contributed by atoms with E-state index in [0.29, 0.717) is 44.5 Å². The standard InChI is InChI=1S/C20H24N2O5/c1-14-3-4-15(13-21)11-16(14)12-17(23)22-19(18(24)25-2)5-7-20(8-6-19)26-9-10-27-20/h3-4,11H,5-10,12H2,1-2H3,(H,22,23). The van der Waals surface area contributed by atoms with Crippen molar-refractivity contribution in [1.29, 1.82) is 5.26 Å². The maximum Gasteiger partial charge on any atom is 0.331 e. The van der Waals surface area contributed by atoms with E-state index in [4.69, 9.17) is 19.5 Å². The maximum atomic E-state index is 12.7. The minimum Gasteiger partial charge on any atom is -0.467 e. The molecule has 1 spiro atoms. The van der Waals surface area contributed by atoms with Gasteiger partial charge in [-0.1, -0.05) is 6.07 Å². The molecule has 1 N–H and O–H groups in total. The van der Waals surface area contributed by atoms with Crippen molar-refractivity contribution in [2.75, 3.05) is 20.3 Å². The molecular weight excluding hydrogens is 348 g/mol. The molecule has 1 aliphatic heterocycles. The van der Waals surface area contributed by atoms with Crippen molar-refractivity contribution in [3.63, 3.8) is 0 Å². The first kappa shape index (κ1) is 19.3. The Morgan fingerprint density at radius 2 is 1.89 bits per heavy atom. The van der Waals surface area contributed by atoms with Crippen LogP contribution in [0.4, 0.5) is 0 Å². The van der Waals surface area contributed by atoms with Gasteiger partial charge in [0.1, 0.15) is 5.54 Å². The summed E-state index contributed by atoms with van der Waals surface area (Å²) in [6, 6.07) is 7.32. The summed E-state index contributed by atoms with van der Waals surface area (Å²) in [6.07, 6.45) is 1.92. The molecule has 7 nitrogen and oxygen atoms in total. The molecule has 0 aromatic heterocycles. The number of nitriles is 1. The number of benzene rings is 1. The molecule has 1 aliphatic carbocycles. The number of esters is 1. The molecular formula is C20H24N2O5. The Hall–Kier alpha value is -2.43. The zero-order chi connectivity index (χ0) is 19.5. The predicted molar refractivity (Wildman–Crippen MR) is 95.6 cm³/mol. The van der Waals surface area contributed by atoms with E-state index in [1.54, 1.807) is 12.1 Å². The van der Waals surface area contributed by atoms with Crippen LogP contribution in [-0.2, 0) is 30.2 Å². The van der Waals surface area contributed by atoms with Crippen LogP contribution in [0.5, 0.6) is 0 Å². The van der Waals surface area contributed by atoms with Gasteiger partial charge in [0.25, 0.3) is 0 Å². The number of carbonyl (C=O) groups is 2. The molecule has 144 valence electrons. The van der Waals surface area contributed by atoms with Gasteiger partial charge in [-0.3, -0.25) is 4.79 Å². The second kappa shape index (κ2) is 7.67. The topological polar surface area (TPSA) is 97.7 Å². The third-order valence-electron chi connectivity index (χ3n) is 5.46. The van der Waals surface area contributed by atoms with Gasteiger partial charge in [0, 0.05) is 12.8 Å². The maximum absolute atomic E-state index is 12.7. The van der Waals surface area contributed by atoms with Gasteiger partial charge in [0.05, 0.1) is 38.4 Å². The Bertz CT molecular complexity index is 767. The summed E-state index contributed by atoms with van der Waals surface area (Å²) < 4.78 is 16.4. The van der Waals surface area contributed by atoms with Gasteiger partial charge >= 0.3 is 5.97 Å². The zero-order valence-electron chi connectivity index (χ0n) is 15.7. The number of nitrogens with one attached hydrogen (secondary N) is 1. The SMILES string of the molecule is COC(=O)C1(NC(=O)Cc2cc(C#N)ccc2C)CCC2(CC1)OCCO2. The Kier molecular flexibility index (Phi) is 5.49. The van der Waals surface area contributed by atoms with Crippen LogP contribution in [0.3, 0.4) is 0 Å². The van der Waals surface area contributed by atoms with E-state index in [1.165, 1.54) is 7.11 Å². The number of hydrogen-bond acceptors (Lipinski definition) is 6. The van der Waals surface area contributed by atoms with Gasteiger partial charge < -0.3 is 19.5 Å².